The fraction of sp³-hybridized carbons (Fsp3) is 0.500. The van der Waals surface area contributed by atoms with Crippen LogP contribution in [0.4, 0.5) is 0 Å². The molecule has 0 aliphatic carbocycles. The minimum Gasteiger partial charge on any atom is -0.380 e. The van der Waals surface area contributed by atoms with Crippen LogP contribution in [0.2, 0.25) is 0 Å². The van der Waals surface area contributed by atoms with Gasteiger partial charge in [0.1, 0.15) is 4.70 Å². The maximum atomic E-state index is 12.1. The van der Waals surface area contributed by atoms with Gasteiger partial charge in [-0.3, -0.25) is 9.36 Å². The largest absolute Gasteiger partial charge is 0.380 e. The van der Waals surface area contributed by atoms with E-state index in [1.165, 1.54) is 11.3 Å². The van der Waals surface area contributed by atoms with E-state index in [0.29, 0.717) is 0 Å². The number of thiophene rings is 1. The molecule has 96 valence electrons. The quantitative estimate of drug-likeness (QED) is 0.639. The number of thioether (sulfide) groups is 1. The van der Waals surface area contributed by atoms with Crippen molar-refractivity contribution in [3.05, 3.63) is 21.8 Å². The van der Waals surface area contributed by atoms with Gasteiger partial charge in [-0.15, -0.1) is 11.3 Å². The maximum absolute atomic E-state index is 12.1. The number of aromatic nitrogens is 2. The van der Waals surface area contributed by atoms with Crippen LogP contribution in [0.25, 0.3) is 10.2 Å². The van der Waals surface area contributed by atoms with Crippen LogP contribution in [0, 0.1) is 5.41 Å². The van der Waals surface area contributed by atoms with Gasteiger partial charge in [0, 0.05) is 18.2 Å². The summed E-state index contributed by atoms with van der Waals surface area (Å²) in [5, 5.41) is 2.70. The van der Waals surface area contributed by atoms with Gasteiger partial charge in [0.05, 0.1) is 18.7 Å². The van der Waals surface area contributed by atoms with Crippen LogP contribution in [0.3, 0.4) is 0 Å². The Morgan fingerprint density at radius 2 is 2.39 bits per heavy atom. The maximum Gasteiger partial charge on any atom is 0.271 e. The lowest BCUT2D eigenvalue weighted by Crippen LogP contribution is -2.41. The van der Waals surface area contributed by atoms with Crippen LogP contribution >= 0.6 is 23.1 Å². The first kappa shape index (κ1) is 12.2. The van der Waals surface area contributed by atoms with E-state index in [1.54, 1.807) is 23.4 Å². The van der Waals surface area contributed by atoms with Gasteiger partial charge in [0.2, 0.25) is 0 Å². The predicted octanol–water partition coefficient (Wildman–Crippen LogP) is 2.12. The fourth-order valence-electron chi connectivity index (χ4n) is 1.87. The first-order valence-electron chi connectivity index (χ1n) is 5.74. The average molecular weight is 282 g/mol. The van der Waals surface area contributed by atoms with Crippen molar-refractivity contribution in [3.8, 4) is 0 Å². The Kier molecular flexibility index (Phi) is 2.96. The molecule has 1 fully saturated rings. The summed E-state index contributed by atoms with van der Waals surface area (Å²) in [7, 11) is 1.79. The van der Waals surface area contributed by atoms with Gasteiger partial charge < -0.3 is 4.74 Å². The zero-order valence-electron chi connectivity index (χ0n) is 10.3. The van der Waals surface area contributed by atoms with E-state index in [1.807, 2.05) is 11.4 Å². The summed E-state index contributed by atoms with van der Waals surface area (Å²) in [4.78, 5) is 16.7. The van der Waals surface area contributed by atoms with Crippen molar-refractivity contribution in [1.29, 1.82) is 0 Å². The highest BCUT2D eigenvalue weighted by atomic mass is 32.2. The van der Waals surface area contributed by atoms with Gasteiger partial charge in [-0.1, -0.05) is 18.7 Å². The smallest absolute Gasteiger partial charge is 0.271 e. The first-order chi connectivity index (χ1) is 8.59. The zero-order chi connectivity index (χ0) is 12.8. The van der Waals surface area contributed by atoms with Crippen molar-refractivity contribution in [2.75, 3.05) is 19.0 Å². The SMILES string of the molecule is Cn1c(SCC2(C)COC2)nc2ccsc2c1=O. The number of hydrogen-bond acceptors (Lipinski definition) is 5. The molecule has 1 aliphatic heterocycles. The minimum absolute atomic E-state index is 0.0486. The molecule has 0 amide bonds. The Morgan fingerprint density at radius 1 is 1.61 bits per heavy atom. The molecule has 6 heteroatoms. The molecule has 0 spiro atoms. The molecule has 0 N–H and O–H groups in total. The van der Waals surface area contributed by atoms with Crippen LogP contribution in [0.5, 0.6) is 0 Å². The molecule has 0 saturated carbocycles. The summed E-state index contributed by atoms with van der Waals surface area (Å²) in [6, 6.07) is 1.90. The second-order valence-electron chi connectivity index (χ2n) is 4.99. The third-order valence-electron chi connectivity index (χ3n) is 3.10. The van der Waals surface area contributed by atoms with E-state index in [4.69, 9.17) is 4.74 Å². The summed E-state index contributed by atoms with van der Waals surface area (Å²) in [6.45, 7) is 3.80. The minimum atomic E-state index is 0.0486. The van der Waals surface area contributed by atoms with Crippen LogP contribution in [-0.4, -0.2) is 28.5 Å². The van der Waals surface area contributed by atoms with Crippen LogP contribution in [0.15, 0.2) is 21.4 Å². The van der Waals surface area contributed by atoms with E-state index in [2.05, 4.69) is 11.9 Å². The average Bonchev–Trinajstić information content (AvgIpc) is 2.78. The van der Waals surface area contributed by atoms with E-state index in [-0.39, 0.29) is 11.0 Å². The Labute approximate surface area is 113 Å². The number of ether oxygens (including phenoxy) is 1. The lowest BCUT2D eigenvalue weighted by atomic mass is 9.92. The molecular weight excluding hydrogens is 268 g/mol. The Bertz CT molecular complexity index is 643. The third-order valence-corrected chi connectivity index (χ3v) is 5.45. The van der Waals surface area contributed by atoms with Crippen molar-refractivity contribution in [3.63, 3.8) is 0 Å². The Morgan fingerprint density at radius 3 is 3.06 bits per heavy atom. The number of nitrogens with zero attached hydrogens (tertiary/aromatic N) is 2. The normalized spacial score (nSPS) is 17.9. The van der Waals surface area contributed by atoms with Crippen LogP contribution in [-0.2, 0) is 11.8 Å². The second-order valence-corrected chi connectivity index (χ2v) is 6.84. The van der Waals surface area contributed by atoms with Gasteiger partial charge in [-0.25, -0.2) is 4.98 Å². The zero-order valence-corrected chi connectivity index (χ0v) is 11.9. The standard InChI is InChI=1S/C12H14N2O2S2/c1-12(5-16-6-12)7-18-11-13-8-3-4-17-9(8)10(15)14(11)2/h3-4H,5-7H2,1-2H3. The number of fused-ring (bicyclic) bond motifs is 1. The third kappa shape index (κ3) is 1.98. The van der Waals surface area contributed by atoms with E-state index < -0.39 is 0 Å². The van der Waals surface area contributed by atoms with Gasteiger partial charge in [-0.2, -0.15) is 0 Å². The fourth-order valence-corrected chi connectivity index (χ4v) is 3.76. The molecule has 4 nitrogen and oxygen atoms in total. The Hall–Kier alpha value is -0.850. The van der Waals surface area contributed by atoms with Gasteiger partial charge in [0.25, 0.3) is 5.56 Å². The molecule has 1 saturated heterocycles. The molecule has 1 aliphatic rings. The molecule has 0 radical (unpaired) electrons. The molecule has 0 aromatic carbocycles. The lowest BCUT2D eigenvalue weighted by molar-refractivity contribution is -0.0861. The van der Waals surface area contributed by atoms with Crippen molar-refractivity contribution < 1.29 is 4.74 Å². The molecule has 3 heterocycles. The second kappa shape index (κ2) is 4.36. The molecule has 2 aromatic heterocycles. The number of rotatable bonds is 3. The molecule has 0 bridgehead atoms. The highest BCUT2D eigenvalue weighted by Crippen LogP contribution is 2.33. The summed E-state index contributed by atoms with van der Waals surface area (Å²) in [5.41, 5.74) is 1.08. The molecule has 3 rings (SSSR count). The molecule has 2 aromatic rings. The van der Waals surface area contributed by atoms with Gasteiger partial charge in [-0.05, 0) is 11.4 Å². The van der Waals surface area contributed by atoms with Crippen LogP contribution in [0.1, 0.15) is 6.92 Å². The predicted molar refractivity (Wildman–Crippen MR) is 74.5 cm³/mol. The molecule has 0 unspecified atom stereocenters. The monoisotopic (exact) mass is 282 g/mol. The van der Waals surface area contributed by atoms with Crippen molar-refractivity contribution in [1.82, 2.24) is 9.55 Å². The summed E-state index contributed by atoms with van der Waals surface area (Å²) >= 11 is 3.09. The summed E-state index contributed by atoms with van der Waals surface area (Å²) in [6.07, 6.45) is 0. The molecule has 0 atom stereocenters. The van der Waals surface area contributed by atoms with Gasteiger partial charge >= 0.3 is 0 Å². The van der Waals surface area contributed by atoms with Gasteiger partial charge in [0.15, 0.2) is 5.16 Å². The van der Waals surface area contributed by atoms with E-state index in [0.717, 1.165) is 34.3 Å². The van der Waals surface area contributed by atoms with E-state index in [9.17, 15) is 4.79 Å². The van der Waals surface area contributed by atoms with E-state index >= 15 is 0 Å². The van der Waals surface area contributed by atoms with Crippen molar-refractivity contribution in [2.45, 2.75) is 12.1 Å². The van der Waals surface area contributed by atoms with Crippen molar-refractivity contribution in [2.24, 2.45) is 12.5 Å². The summed E-state index contributed by atoms with van der Waals surface area (Å²) in [5.74, 6) is 0.933. The first-order valence-corrected chi connectivity index (χ1v) is 7.60. The molecular formula is C12H14N2O2S2. The lowest BCUT2D eigenvalue weighted by Gasteiger charge is -2.37. The molecule has 18 heavy (non-hydrogen) atoms. The highest BCUT2D eigenvalue weighted by molar-refractivity contribution is 7.99. The number of hydrogen-bond donors (Lipinski definition) is 0. The van der Waals surface area contributed by atoms with Crippen LogP contribution < -0.4 is 5.56 Å². The highest BCUT2D eigenvalue weighted by Gasteiger charge is 2.33. The topological polar surface area (TPSA) is 44.1 Å². The summed E-state index contributed by atoms with van der Waals surface area (Å²) < 4.78 is 7.62. The van der Waals surface area contributed by atoms with Crippen molar-refractivity contribution >= 4 is 33.3 Å². The Balaban J connectivity index is 1.91.